The van der Waals surface area contributed by atoms with Gasteiger partial charge in [0.1, 0.15) is 28.5 Å². The average Bonchev–Trinajstić information content (AvgIpc) is 3.12. The Morgan fingerprint density at radius 1 is 1.00 bits per heavy atom. The summed E-state index contributed by atoms with van der Waals surface area (Å²) in [6.45, 7) is 0. The highest BCUT2D eigenvalue weighted by Gasteiger charge is 2.28. The third-order valence-electron chi connectivity index (χ3n) is 4.88. The molecule has 2 heterocycles. The zero-order valence-electron chi connectivity index (χ0n) is 16.0. The molecular formula is C23H16ClFN4S2. The van der Waals surface area contributed by atoms with Crippen LogP contribution < -0.4 is 10.6 Å². The molecule has 1 unspecified atom stereocenters. The number of rotatable bonds is 3. The summed E-state index contributed by atoms with van der Waals surface area (Å²) < 4.78 is 16.1. The summed E-state index contributed by atoms with van der Waals surface area (Å²) in [5, 5.41) is 7.45. The highest BCUT2D eigenvalue weighted by Crippen LogP contribution is 2.38. The molecule has 154 valence electrons. The molecule has 2 N–H and O–H groups in total. The summed E-state index contributed by atoms with van der Waals surface area (Å²) >= 11 is 13.6. The highest BCUT2D eigenvalue weighted by atomic mass is 35.5. The average molecular weight is 467 g/mol. The first-order valence-corrected chi connectivity index (χ1v) is 11.1. The lowest BCUT2D eigenvalue weighted by Crippen LogP contribution is -2.25. The van der Waals surface area contributed by atoms with Crippen LogP contribution in [0.1, 0.15) is 16.6 Å². The number of benzene rings is 3. The molecule has 0 bridgehead atoms. The first-order valence-electron chi connectivity index (χ1n) is 9.53. The van der Waals surface area contributed by atoms with Crippen molar-refractivity contribution in [3.8, 4) is 5.69 Å². The number of thiazole rings is 1. The van der Waals surface area contributed by atoms with Crippen LogP contribution in [-0.2, 0) is 0 Å². The molecule has 0 fully saturated rings. The summed E-state index contributed by atoms with van der Waals surface area (Å²) in [7, 11) is 0. The second kappa shape index (κ2) is 8.26. The lowest BCUT2D eigenvalue weighted by molar-refractivity contribution is 0.628. The monoisotopic (exact) mass is 466 g/mol. The lowest BCUT2D eigenvalue weighted by Gasteiger charge is -2.26. The fourth-order valence-corrected chi connectivity index (χ4v) is 5.02. The molecule has 3 aromatic carbocycles. The van der Waals surface area contributed by atoms with E-state index in [1.165, 1.54) is 23.5 Å². The molecule has 0 amide bonds. The SMILES string of the molecule is Fc1ccc(NC2=NC(c3ccccc3Cl)Nc3c2sc(=S)n3-c2ccccc2)cc1. The van der Waals surface area contributed by atoms with Gasteiger partial charge in [-0.25, -0.2) is 9.38 Å². The molecule has 4 nitrogen and oxygen atoms in total. The quantitative estimate of drug-likeness (QED) is 0.318. The number of hydrogen-bond donors (Lipinski definition) is 2. The Morgan fingerprint density at radius 2 is 1.71 bits per heavy atom. The maximum absolute atomic E-state index is 13.4. The molecule has 0 saturated carbocycles. The second-order valence-electron chi connectivity index (χ2n) is 6.89. The van der Waals surface area contributed by atoms with E-state index in [9.17, 15) is 4.39 Å². The van der Waals surface area contributed by atoms with Gasteiger partial charge in [0.15, 0.2) is 3.95 Å². The van der Waals surface area contributed by atoms with Gasteiger partial charge in [0, 0.05) is 22.0 Å². The van der Waals surface area contributed by atoms with Gasteiger partial charge in [-0.05, 0) is 54.7 Å². The van der Waals surface area contributed by atoms with Crippen LogP contribution in [0.4, 0.5) is 15.9 Å². The fourth-order valence-electron chi connectivity index (χ4n) is 3.43. The van der Waals surface area contributed by atoms with E-state index in [0.29, 0.717) is 14.8 Å². The predicted octanol–water partition coefficient (Wildman–Crippen LogP) is 7.04. The van der Waals surface area contributed by atoms with Crippen molar-refractivity contribution < 1.29 is 4.39 Å². The summed E-state index contributed by atoms with van der Waals surface area (Å²) in [4.78, 5) is 5.76. The first kappa shape index (κ1) is 19.9. The Balaban J connectivity index is 1.65. The summed E-state index contributed by atoms with van der Waals surface area (Å²) in [6.07, 6.45) is -0.414. The van der Waals surface area contributed by atoms with Gasteiger partial charge >= 0.3 is 0 Å². The number of halogens is 2. The van der Waals surface area contributed by atoms with Crippen LogP contribution in [0.15, 0.2) is 83.9 Å². The maximum Gasteiger partial charge on any atom is 0.168 e. The van der Waals surface area contributed by atoms with Gasteiger partial charge in [-0.2, -0.15) is 0 Å². The molecule has 0 aliphatic carbocycles. The molecule has 1 aromatic heterocycles. The van der Waals surface area contributed by atoms with E-state index in [0.717, 1.165) is 27.6 Å². The van der Waals surface area contributed by atoms with Crippen molar-refractivity contribution in [2.45, 2.75) is 6.17 Å². The number of aliphatic imine (C=N–C) groups is 1. The van der Waals surface area contributed by atoms with Gasteiger partial charge in [-0.3, -0.25) is 4.57 Å². The predicted molar refractivity (Wildman–Crippen MR) is 129 cm³/mol. The van der Waals surface area contributed by atoms with Crippen LogP contribution in [0, 0.1) is 9.77 Å². The summed E-state index contributed by atoms with van der Waals surface area (Å²) in [6, 6.07) is 23.7. The van der Waals surface area contributed by atoms with Gasteiger partial charge in [0.05, 0.1) is 0 Å². The molecular weight excluding hydrogens is 451 g/mol. The Kier molecular flexibility index (Phi) is 5.31. The third-order valence-corrected chi connectivity index (χ3v) is 6.60. The van der Waals surface area contributed by atoms with Crippen LogP contribution in [0.5, 0.6) is 0 Å². The number of para-hydroxylation sites is 1. The van der Waals surface area contributed by atoms with Crippen molar-refractivity contribution in [3.63, 3.8) is 0 Å². The lowest BCUT2D eigenvalue weighted by atomic mass is 10.1. The topological polar surface area (TPSA) is 41.4 Å². The summed E-state index contributed by atoms with van der Waals surface area (Å²) in [5.41, 5.74) is 2.54. The molecule has 0 radical (unpaired) electrons. The van der Waals surface area contributed by atoms with Crippen LogP contribution in [0.25, 0.3) is 5.69 Å². The zero-order chi connectivity index (χ0) is 21.4. The van der Waals surface area contributed by atoms with E-state index < -0.39 is 6.17 Å². The minimum Gasteiger partial charge on any atom is -0.344 e. The van der Waals surface area contributed by atoms with E-state index in [1.807, 2.05) is 59.2 Å². The minimum atomic E-state index is -0.414. The number of amidine groups is 1. The van der Waals surface area contributed by atoms with Crippen molar-refractivity contribution >= 4 is 52.5 Å². The molecule has 0 saturated heterocycles. The molecule has 4 aromatic rings. The smallest absolute Gasteiger partial charge is 0.168 e. The Bertz CT molecular complexity index is 1330. The van der Waals surface area contributed by atoms with Crippen molar-refractivity contribution in [1.29, 1.82) is 0 Å². The second-order valence-corrected chi connectivity index (χ2v) is 8.95. The standard InChI is InChI=1S/C23H16ClFN4S2/c24-18-9-5-4-8-17(18)20-27-21(26-15-12-10-14(25)11-13-15)19-22(28-20)29(23(30)31-19)16-6-2-1-3-7-16/h1-13,20,28H,(H,26,27). The largest absolute Gasteiger partial charge is 0.344 e. The van der Waals surface area contributed by atoms with Gasteiger partial charge in [-0.15, -0.1) is 0 Å². The zero-order valence-corrected chi connectivity index (χ0v) is 18.4. The van der Waals surface area contributed by atoms with E-state index in [1.54, 1.807) is 12.1 Å². The number of nitrogens with zero attached hydrogens (tertiary/aromatic N) is 2. The van der Waals surface area contributed by atoms with E-state index in [-0.39, 0.29) is 5.82 Å². The highest BCUT2D eigenvalue weighted by molar-refractivity contribution is 7.73. The van der Waals surface area contributed by atoms with Crippen LogP contribution in [0.3, 0.4) is 0 Å². The third kappa shape index (κ3) is 3.87. The molecule has 1 atom stereocenters. The molecule has 8 heteroatoms. The van der Waals surface area contributed by atoms with Crippen LogP contribution in [0.2, 0.25) is 5.02 Å². The Hall–Kier alpha value is -3.00. The number of fused-ring (bicyclic) bond motifs is 1. The molecule has 1 aliphatic rings. The minimum absolute atomic E-state index is 0.293. The number of aromatic nitrogens is 1. The molecule has 31 heavy (non-hydrogen) atoms. The van der Waals surface area contributed by atoms with Crippen molar-refractivity contribution in [2.24, 2.45) is 4.99 Å². The number of anilines is 2. The molecule has 1 aliphatic heterocycles. The number of nitrogens with one attached hydrogen (secondary N) is 2. The normalized spacial score (nSPS) is 15.0. The van der Waals surface area contributed by atoms with Gasteiger partial charge in [0.2, 0.25) is 0 Å². The van der Waals surface area contributed by atoms with Gasteiger partial charge in [-0.1, -0.05) is 59.3 Å². The van der Waals surface area contributed by atoms with Crippen LogP contribution in [-0.4, -0.2) is 10.4 Å². The van der Waals surface area contributed by atoms with E-state index in [2.05, 4.69) is 10.6 Å². The molecule has 5 rings (SSSR count). The van der Waals surface area contributed by atoms with Crippen molar-refractivity contribution in [2.75, 3.05) is 10.6 Å². The van der Waals surface area contributed by atoms with Crippen molar-refractivity contribution in [1.82, 2.24) is 4.57 Å². The van der Waals surface area contributed by atoms with E-state index in [4.69, 9.17) is 28.8 Å². The summed E-state index contributed by atoms with van der Waals surface area (Å²) in [5.74, 6) is 1.19. The maximum atomic E-state index is 13.4. The Labute approximate surface area is 192 Å². The van der Waals surface area contributed by atoms with E-state index >= 15 is 0 Å². The fraction of sp³-hybridized carbons (Fsp3) is 0.0435. The Morgan fingerprint density at radius 3 is 2.45 bits per heavy atom. The van der Waals surface area contributed by atoms with Gasteiger partial charge < -0.3 is 10.6 Å². The number of hydrogen-bond acceptors (Lipinski definition) is 5. The van der Waals surface area contributed by atoms with Gasteiger partial charge in [0.25, 0.3) is 0 Å². The molecule has 0 spiro atoms. The van der Waals surface area contributed by atoms with Crippen LogP contribution >= 0.6 is 35.2 Å². The van der Waals surface area contributed by atoms with Crippen molar-refractivity contribution in [3.05, 3.63) is 104 Å². The first-order chi connectivity index (χ1) is 15.1.